The molecule has 1 aliphatic carbocycles. The van der Waals surface area contributed by atoms with Crippen LogP contribution in [0.15, 0.2) is 23.9 Å². The Morgan fingerprint density at radius 1 is 1.75 bits per heavy atom. The summed E-state index contributed by atoms with van der Waals surface area (Å²) < 4.78 is 0. The van der Waals surface area contributed by atoms with Gasteiger partial charge >= 0.3 is 0 Å². The Bertz CT molecular complexity index is 255. The van der Waals surface area contributed by atoms with Gasteiger partial charge in [-0.2, -0.15) is 0 Å². The highest BCUT2D eigenvalue weighted by molar-refractivity contribution is 5.24. The summed E-state index contributed by atoms with van der Waals surface area (Å²) in [6.07, 6.45) is 5.32. The van der Waals surface area contributed by atoms with Crippen molar-refractivity contribution in [1.82, 2.24) is 0 Å². The topological polar surface area (TPSA) is 95.2 Å². The molecule has 4 N–H and O–H groups in total. The van der Waals surface area contributed by atoms with E-state index in [0.717, 1.165) is 0 Å². The fourth-order valence-corrected chi connectivity index (χ4v) is 1.21. The largest absolute Gasteiger partial charge is 0.402 e. The van der Waals surface area contributed by atoms with Gasteiger partial charge in [0, 0.05) is 17.0 Å². The van der Waals surface area contributed by atoms with Gasteiger partial charge in [0.2, 0.25) is 6.54 Å². The highest BCUT2D eigenvalue weighted by Gasteiger charge is 2.30. The van der Waals surface area contributed by atoms with Gasteiger partial charge in [0.1, 0.15) is 5.54 Å². The third-order valence-corrected chi connectivity index (χ3v) is 1.70. The van der Waals surface area contributed by atoms with E-state index in [2.05, 4.69) is 0 Å². The predicted molar refractivity (Wildman–Crippen MR) is 44.8 cm³/mol. The molecule has 0 bridgehead atoms. The Morgan fingerprint density at radius 3 is 2.92 bits per heavy atom. The second kappa shape index (κ2) is 2.94. The summed E-state index contributed by atoms with van der Waals surface area (Å²) in [5.41, 5.74) is 10.9. The van der Waals surface area contributed by atoms with Crippen LogP contribution in [0.2, 0.25) is 0 Å². The predicted octanol–water partition coefficient (Wildman–Crippen LogP) is -0.237. The molecule has 0 aromatic rings. The van der Waals surface area contributed by atoms with Gasteiger partial charge in [0.15, 0.2) is 0 Å². The molecular formula is C7H11N3O2. The average molecular weight is 169 g/mol. The second-order valence-electron chi connectivity index (χ2n) is 3.00. The van der Waals surface area contributed by atoms with E-state index in [0.29, 0.717) is 12.1 Å². The van der Waals surface area contributed by atoms with Gasteiger partial charge in [-0.3, -0.25) is 10.1 Å². The first kappa shape index (κ1) is 8.73. The molecule has 12 heavy (non-hydrogen) atoms. The summed E-state index contributed by atoms with van der Waals surface area (Å²) in [6.45, 7) is -0.280. The molecule has 0 saturated carbocycles. The number of rotatable bonds is 2. The van der Waals surface area contributed by atoms with Crippen LogP contribution < -0.4 is 11.5 Å². The van der Waals surface area contributed by atoms with Gasteiger partial charge in [-0.15, -0.1) is 0 Å². The van der Waals surface area contributed by atoms with Gasteiger partial charge in [-0.25, -0.2) is 0 Å². The van der Waals surface area contributed by atoms with Gasteiger partial charge in [0.25, 0.3) is 0 Å². The Morgan fingerprint density at radius 2 is 2.42 bits per heavy atom. The maximum atomic E-state index is 10.2. The van der Waals surface area contributed by atoms with E-state index >= 15 is 0 Å². The Kier molecular flexibility index (Phi) is 2.14. The standard InChI is InChI=1S/C7H11N3O2/c8-6-2-1-3-7(9,4-6)5-10(11)12/h1-3H,4-5,8-9H2. The number of nitrogens with two attached hydrogens (primary N) is 2. The molecule has 5 nitrogen and oxygen atoms in total. The van der Waals surface area contributed by atoms with E-state index in [4.69, 9.17) is 11.5 Å². The molecule has 1 atom stereocenters. The summed E-state index contributed by atoms with van der Waals surface area (Å²) >= 11 is 0. The van der Waals surface area contributed by atoms with E-state index < -0.39 is 10.5 Å². The Labute approximate surface area is 69.9 Å². The van der Waals surface area contributed by atoms with E-state index in [1.165, 1.54) is 0 Å². The van der Waals surface area contributed by atoms with Crippen molar-refractivity contribution >= 4 is 0 Å². The van der Waals surface area contributed by atoms with Gasteiger partial charge in [-0.1, -0.05) is 12.2 Å². The number of hydrogen-bond donors (Lipinski definition) is 2. The number of nitro groups is 1. The van der Waals surface area contributed by atoms with Crippen molar-refractivity contribution in [2.45, 2.75) is 12.0 Å². The minimum Gasteiger partial charge on any atom is -0.402 e. The number of hydrogen-bond acceptors (Lipinski definition) is 4. The molecule has 0 aromatic carbocycles. The van der Waals surface area contributed by atoms with E-state index in [1.54, 1.807) is 18.2 Å². The van der Waals surface area contributed by atoms with Crippen LogP contribution in [0.5, 0.6) is 0 Å². The van der Waals surface area contributed by atoms with Crippen molar-refractivity contribution in [3.8, 4) is 0 Å². The zero-order chi connectivity index (χ0) is 9.19. The molecule has 0 saturated heterocycles. The minimum absolute atomic E-state index is 0.280. The van der Waals surface area contributed by atoms with Crippen LogP contribution in [0, 0.1) is 10.1 Å². The normalized spacial score (nSPS) is 28.2. The van der Waals surface area contributed by atoms with Crippen LogP contribution in [-0.4, -0.2) is 17.0 Å². The zero-order valence-corrected chi connectivity index (χ0v) is 6.56. The molecule has 1 rings (SSSR count). The molecule has 0 aliphatic heterocycles. The van der Waals surface area contributed by atoms with E-state index in [9.17, 15) is 10.1 Å². The summed E-state index contributed by atoms with van der Waals surface area (Å²) in [5, 5.41) is 10.2. The number of nitrogens with zero attached hydrogens (tertiary/aromatic N) is 1. The van der Waals surface area contributed by atoms with Crippen molar-refractivity contribution in [3.05, 3.63) is 34.0 Å². The van der Waals surface area contributed by atoms with Gasteiger partial charge in [-0.05, 0) is 6.08 Å². The summed E-state index contributed by atoms with van der Waals surface area (Å²) in [6, 6.07) is 0. The summed E-state index contributed by atoms with van der Waals surface area (Å²) in [5.74, 6) is 0. The molecule has 1 unspecified atom stereocenters. The molecule has 5 heteroatoms. The first-order valence-corrected chi connectivity index (χ1v) is 3.56. The van der Waals surface area contributed by atoms with Crippen LogP contribution in [-0.2, 0) is 0 Å². The van der Waals surface area contributed by atoms with Crippen LogP contribution in [0.1, 0.15) is 6.42 Å². The molecule has 1 aliphatic rings. The number of allylic oxidation sites excluding steroid dienone is 2. The lowest BCUT2D eigenvalue weighted by Gasteiger charge is -2.23. The first-order valence-electron chi connectivity index (χ1n) is 3.56. The van der Waals surface area contributed by atoms with E-state index in [-0.39, 0.29) is 6.54 Å². The van der Waals surface area contributed by atoms with Gasteiger partial charge in [0.05, 0.1) is 0 Å². The highest BCUT2D eigenvalue weighted by atomic mass is 16.6. The quantitative estimate of drug-likeness (QED) is 0.440. The van der Waals surface area contributed by atoms with Crippen molar-refractivity contribution in [2.75, 3.05) is 6.54 Å². The first-order chi connectivity index (χ1) is 5.52. The van der Waals surface area contributed by atoms with Crippen LogP contribution >= 0.6 is 0 Å². The summed E-state index contributed by atoms with van der Waals surface area (Å²) in [4.78, 5) is 9.78. The highest BCUT2D eigenvalue weighted by Crippen LogP contribution is 2.17. The molecule has 0 spiro atoms. The molecule has 0 radical (unpaired) electrons. The maximum Gasteiger partial charge on any atom is 0.225 e. The smallest absolute Gasteiger partial charge is 0.225 e. The molecule has 0 amide bonds. The Hall–Kier alpha value is -1.36. The van der Waals surface area contributed by atoms with Crippen molar-refractivity contribution in [3.63, 3.8) is 0 Å². The fourth-order valence-electron chi connectivity index (χ4n) is 1.21. The van der Waals surface area contributed by atoms with Crippen molar-refractivity contribution in [2.24, 2.45) is 11.5 Å². The second-order valence-corrected chi connectivity index (χ2v) is 3.00. The lowest BCUT2D eigenvalue weighted by Crippen LogP contribution is -2.46. The van der Waals surface area contributed by atoms with Crippen molar-refractivity contribution in [1.29, 1.82) is 0 Å². The van der Waals surface area contributed by atoms with Crippen LogP contribution in [0.3, 0.4) is 0 Å². The van der Waals surface area contributed by atoms with Gasteiger partial charge < -0.3 is 11.5 Å². The molecule has 66 valence electrons. The van der Waals surface area contributed by atoms with Crippen LogP contribution in [0.25, 0.3) is 0 Å². The monoisotopic (exact) mass is 169 g/mol. The Balaban J connectivity index is 2.69. The van der Waals surface area contributed by atoms with Crippen LogP contribution in [0.4, 0.5) is 0 Å². The van der Waals surface area contributed by atoms with Crippen molar-refractivity contribution < 1.29 is 4.92 Å². The average Bonchev–Trinajstić information content (AvgIpc) is 1.82. The van der Waals surface area contributed by atoms with E-state index in [1.807, 2.05) is 0 Å². The molecule has 0 heterocycles. The third kappa shape index (κ3) is 2.06. The minimum atomic E-state index is -0.900. The fraction of sp³-hybridized carbons (Fsp3) is 0.429. The maximum absolute atomic E-state index is 10.2. The lowest BCUT2D eigenvalue weighted by molar-refractivity contribution is -0.487. The zero-order valence-electron chi connectivity index (χ0n) is 6.56. The molecule has 0 aromatic heterocycles. The lowest BCUT2D eigenvalue weighted by atomic mass is 9.91. The molecular weight excluding hydrogens is 158 g/mol. The third-order valence-electron chi connectivity index (χ3n) is 1.70. The summed E-state index contributed by atoms with van der Waals surface area (Å²) in [7, 11) is 0. The molecule has 0 fully saturated rings. The SMILES string of the molecule is NC1=CC=CC(N)(C[N+](=O)[O-])C1.